The first-order valence-electron chi connectivity index (χ1n) is 10.2. The average Bonchev–Trinajstić information content (AvgIpc) is 3.58. The molecular formula is C23H18BrFN4O4. The average molecular weight is 513 g/mol. The quantitative estimate of drug-likeness (QED) is 0.435. The number of nitrogens with zero attached hydrogens (tertiary/aromatic N) is 3. The van der Waals surface area contributed by atoms with E-state index in [0.717, 1.165) is 0 Å². The number of anilines is 2. The summed E-state index contributed by atoms with van der Waals surface area (Å²) in [6.07, 6.45) is 1.35. The smallest absolute Gasteiger partial charge is 0.337 e. The lowest BCUT2D eigenvalue weighted by molar-refractivity contribution is 0.475. The summed E-state index contributed by atoms with van der Waals surface area (Å²) in [5, 5.41) is 12.9. The maximum absolute atomic E-state index is 14.5. The van der Waals surface area contributed by atoms with Crippen molar-refractivity contribution in [1.82, 2.24) is 13.7 Å². The first-order valence-corrected chi connectivity index (χ1v) is 11.0. The molecular weight excluding hydrogens is 495 g/mol. The third kappa shape index (κ3) is 3.56. The number of aryl methyl sites for hydroxylation is 1. The van der Waals surface area contributed by atoms with Crippen LogP contribution in [-0.4, -0.2) is 18.8 Å². The summed E-state index contributed by atoms with van der Waals surface area (Å²) < 4.78 is 18.7. The van der Waals surface area contributed by atoms with Crippen LogP contribution in [0.4, 0.5) is 15.8 Å². The van der Waals surface area contributed by atoms with Crippen molar-refractivity contribution < 1.29 is 9.50 Å². The molecule has 0 aliphatic heterocycles. The van der Waals surface area contributed by atoms with Crippen molar-refractivity contribution in [2.45, 2.75) is 18.9 Å². The number of nitrogens with one attached hydrogen (secondary N) is 1. The molecule has 0 bridgehead atoms. The molecule has 10 heteroatoms. The van der Waals surface area contributed by atoms with Crippen molar-refractivity contribution in [3.05, 3.63) is 90.0 Å². The van der Waals surface area contributed by atoms with Crippen LogP contribution in [0, 0.1) is 5.82 Å². The van der Waals surface area contributed by atoms with Gasteiger partial charge in [-0.25, -0.2) is 13.8 Å². The van der Waals surface area contributed by atoms with E-state index in [-0.39, 0.29) is 34.2 Å². The van der Waals surface area contributed by atoms with E-state index in [9.17, 15) is 23.9 Å². The molecule has 168 valence electrons. The van der Waals surface area contributed by atoms with E-state index in [1.807, 2.05) is 0 Å². The molecule has 0 amide bonds. The summed E-state index contributed by atoms with van der Waals surface area (Å²) in [6, 6.07) is 11.3. The number of pyridine rings is 1. The predicted molar refractivity (Wildman–Crippen MR) is 126 cm³/mol. The van der Waals surface area contributed by atoms with Crippen molar-refractivity contribution in [3.8, 4) is 11.4 Å². The summed E-state index contributed by atoms with van der Waals surface area (Å²) in [7, 11) is 1.45. The van der Waals surface area contributed by atoms with E-state index < -0.39 is 22.6 Å². The Balaban J connectivity index is 1.91. The number of benzene rings is 2. The van der Waals surface area contributed by atoms with Gasteiger partial charge in [-0.15, -0.1) is 0 Å². The highest BCUT2D eigenvalue weighted by Crippen LogP contribution is 2.34. The number of hydrogen-bond acceptors (Lipinski definition) is 5. The topological polar surface area (TPSA) is 98.3 Å². The Bertz CT molecular complexity index is 1620. The molecule has 2 N–H and O–H groups in total. The van der Waals surface area contributed by atoms with E-state index in [1.54, 1.807) is 18.2 Å². The minimum absolute atomic E-state index is 0.0417. The maximum atomic E-state index is 14.5. The molecule has 0 spiro atoms. The fourth-order valence-electron chi connectivity index (χ4n) is 3.92. The highest BCUT2D eigenvalue weighted by atomic mass is 79.9. The second-order valence-electron chi connectivity index (χ2n) is 7.95. The molecule has 2 aromatic carbocycles. The maximum Gasteiger partial charge on any atom is 0.337 e. The Morgan fingerprint density at radius 3 is 2.48 bits per heavy atom. The number of aromatic hydroxyl groups is 1. The van der Waals surface area contributed by atoms with Crippen LogP contribution in [0.1, 0.15) is 18.9 Å². The molecule has 8 nitrogen and oxygen atoms in total. The lowest BCUT2D eigenvalue weighted by Gasteiger charge is -2.19. The van der Waals surface area contributed by atoms with Gasteiger partial charge in [0, 0.05) is 29.7 Å². The molecule has 33 heavy (non-hydrogen) atoms. The summed E-state index contributed by atoms with van der Waals surface area (Å²) >= 11 is 3.20. The van der Waals surface area contributed by atoms with E-state index in [4.69, 9.17) is 0 Å². The highest BCUT2D eigenvalue weighted by molar-refractivity contribution is 9.10. The van der Waals surface area contributed by atoms with Gasteiger partial charge in [0.2, 0.25) is 0 Å². The van der Waals surface area contributed by atoms with Crippen molar-refractivity contribution in [3.63, 3.8) is 0 Å². The van der Waals surface area contributed by atoms with Crippen molar-refractivity contribution in [2.75, 3.05) is 5.32 Å². The van der Waals surface area contributed by atoms with Gasteiger partial charge in [0.15, 0.2) is 0 Å². The normalized spacial score (nSPS) is 13.4. The van der Waals surface area contributed by atoms with Gasteiger partial charge < -0.3 is 10.4 Å². The molecule has 0 saturated heterocycles. The van der Waals surface area contributed by atoms with Gasteiger partial charge in [-0.1, -0.05) is 22.0 Å². The Morgan fingerprint density at radius 2 is 1.82 bits per heavy atom. The molecule has 2 aromatic heterocycles. The molecule has 2 heterocycles. The first kappa shape index (κ1) is 21.2. The summed E-state index contributed by atoms with van der Waals surface area (Å²) in [5.74, 6) is -0.657. The number of hydrogen-bond donors (Lipinski definition) is 2. The highest BCUT2D eigenvalue weighted by Gasteiger charge is 2.31. The molecule has 1 fully saturated rings. The number of rotatable bonds is 4. The van der Waals surface area contributed by atoms with Crippen LogP contribution in [-0.2, 0) is 7.05 Å². The molecule has 0 unspecified atom stereocenters. The summed E-state index contributed by atoms with van der Waals surface area (Å²) in [4.78, 5) is 39.8. The van der Waals surface area contributed by atoms with Crippen molar-refractivity contribution >= 4 is 38.3 Å². The minimum Gasteiger partial charge on any atom is -0.508 e. The minimum atomic E-state index is -0.609. The van der Waals surface area contributed by atoms with Crippen molar-refractivity contribution in [2.24, 2.45) is 7.05 Å². The second-order valence-corrected chi connectivity index (χ2v) is 8.86. The van der Waals surface area contributed by atoms with Gasteiger partial charge in [0.25, 0.3) is 11.1 Å². The number of fused-ring (bicyclic) bond motifs is 1. The Labute approximate surface area is 194 Å². The molecule has 0 radical (unpaired) electrons. The van der Waals surface area contributed by atoms with E-state index in [0.29, 0.717) is 23.0 Å². The lowest BCUT2D eigenvalue weighted by Crippen LogP contribution is -2.41. The van der Waals surface area contributed by atoms with Gasteiger partial charge in [0.1, 0.15) is 22.6 Å². The van der Waals surface area contributed by atoms with Gasteiger partial charge >= 0.3 is 5.69 Å². The lowest BCUT2D eigenvalue weighted by atomic mass is 10.2. The standard InChI is InChI=1S/C23H18BrFN4O4/c1-27-19(31)11-18(26-17-8-5-12(24)9-16(17)25)20-21(27)28(14-3-2-4-15(30)10-14)23(33)29(22(20)32)13-6-7-13/h2-5,8-11,13,26,30H,6-7H2,1H3. The van der Waals surface area contributed by atoms with E-state index in [2.05, 4.69) is 21.2 Å². The molecule has 4 aromatic rings. The van der Waals surface area contributed by atoms with Crippen LogP contribution in [0.25, 0.3) is 16.7 Å². The zero-order valence-electron chi connectivity index (χ0n) is 17.4. The van der Waals surface area contributed by atoms with Gasteiger partial charge in [-0.2, -0.15) is 0 Å². The fraction of sp³-hybridized carbons (Fsp3) is 0.174. The number of aromatic nitrogens is 3. The Kier molecular flexibility index (Phi) is 4.97. The Morgan fingerprint density at radius 1 is 1.06 bits per heavy atom. The summed E-state index contributed by atoms with van der Waals surface area (Å²) in [6.45, 7) is 0. The van der Waals surface area contributed by atoms with Crippen LogP contribution in [0.5, 0.6) is 5.75 Å². The molecule has 1 aliphatic carbocycles. The van der Waals surface area contributed by atoms with Gasteiger partial charge in [-0.3, -0.25) is 18.7 Å². The predicted octanol–water partition coefficient (Wildman–Crippen LogP) is 3.54. The van der Waals surface area contributed by atoms with E-state index >= 15 is 0 Å². The van der Waals surface area contributed by atoms with Crippen LogP contribution in [0.15, 0.2) is 67.4 Å². The van der Waals surface area contributed by atoms with Crippen molar-refractivity contribution in [1.29, 1.82) is 0 Å². The fourth-order valence-corrected chi connectivity index (χ4v) is 4.25. The van der Waals surface area contributed by atoms with Gasteiger partial charge in [0.05, 0.1) is 17.1 Å². The number of phenols is 1. The van der Waals surface area contributed by atoms with Crippen LogP contribution < -0.4 is 22.1 Å². The third-order valence-electron chi connectivity index (χ3n) is 5.65. The van der Waals surface area contributed by atoms with E-state index in [1.165, 1.54) is 51.1 Å². The molecule has 5 rings (SSSR count). The zero-order chi connectivity index (χ0) is 23.4. The number of halogens is 2. The third-order valence-corrected chi connectivity index (χ3v) is 6.14. The monoisotopic (exact) mass is 512 g/mol. The number of phenolic OH excluding ortho intramolecular Hbond substituents is 1. The van der Waals surface area contributed by atoms with Crippen LogP contribution >= 0.6 is 15.9 Å². The first-order chi connectivity index (χ1) is 15.8. The zero-order valence-corrected chi connectivity index (χ0v) is 19.0. The van der Waals surface area contributed by atoms with Crippen LogP contribution in [0.2, 0.25) is 0 Å². The SMILES string of the molecule is Cn1c(=O)cc(Nc2ccc(Br)cc2F)c2c(=O)n(C3CC3)c(=O)n(-c3cccc(O)c3)c21. The van der Waals surface area contributed by atoms with Gasteiger partial charge in [-0.05, 0) is 43.2 Å². The molecule has 0 atom stereocenters. The summed E-state index contributed by atoms with van der Waals surface area (Å²) in [5.41, 5.74) is -1.18. The van der Waals surface area contributed by atoms with Crippen LogP contribution in [0.3, 0.4) is 0 Å². The Hall–Kier alpha value is -3.66. The largest absolute Gasteiger partial charge is 0.508 e. The second kappa shape index (κ2) is 7.73. The molecule has 1 saturated carbocycles. The molecule has 1 aliphatic rings.